The van der Waals surface area contributed by atoms with Gasteiger partial charge in [0.1, 0.15) is 23.5 Å². The highest BCUT2D eigenvalue weighted by Crippen LogP contribution is 2.49. The van der Waals surface area contributed by atoms with Crippen LogP contribution < -0.4 is 0 Å². The van der Waals surface area contributed by atoms with Gasteiger partial charge in [0, 0.05) is 0 Å². The summed E-state index contributed by atoms with van der Waals surface area (Å²) in [5, 5.41) is 8.89. The Morgan fingerprint density at radius 1 is 1.07 bits per heavy atom. The molecule has 1 saturated carbocycles. The van der Waals surface area contributed by atoms with Gasteiger partial charge in [0.2, 0.25) is 0 Å². The van der Waals surface area contributed by atoms with Crippen molar-refractivity contribution in [3.63, 3.8) is 0 Å². The van der Waals surface area contributed by atoms with Gasteiger partial charge in [-0.1, -0.05) is 32.3 Å². The minimum absolute atomic E-state index is 0.129. The van der Waals surface area contributed by atoms with E-state index < -0.39 is 17.5 Å². The summed E-state index contributed by atoms with van der Waals surface area (Å²) in [4.78, 5) is 0. The highest BCUT2D eigenvalue weighted by molar-refractivity contribution is 5.68. The van der Waals surface area contributed by atoms with Crippen LogP contribution in [-0.4, -0.2) is 0 Å². The van der Waals surface area contributed by atoms with Gasteiger partial charge in [0.25, 0.3) is 0 Å². The van der Waals surface area contributed by atoms with Gasteiger partial charge in [-0.3, -0.25) is 0 Å². The topological polar surface area (TPSA) is 23.8 Å². The predicted molar refractivity (Wildman–Crippen MR) is 108 cm³/mol. The average molecular weight is 397 g/mol. The van der Waals surface area contributed by atoms with Gasteiger partial charge in [0.05, 0.1) is 11.1 Å². The second-order valence-corrected chi connectivity index (χ2v) is 8.65. The van der Waals surface area contributed by atoms with E-state index in [-0.39, 0.29) is 22.6 Å². The van der Waals surface area contributed by atoms with Crippen molar-refractivity contribution in [3.05, 3.63) is 58.4 Å². The lowest BCUT2D eigenvalue weighted by molar-refractivity contribution is 0.198. The summed E-state index contributed by atoms with van der Waals surface area (Å²) in [6, 6.07) is 6.97. The minimum Gasteiger partial charge on any atom is -0.206 e. The standard InChI is InChI=1S/C25H26F3N/c1-2-3-4-15-5-9-19-16(11-15)8-10-20-21(19)13-23(27)24(25(20)28)17-6-7-18(14-29)22(26)12-17/h6-7,12-13,15-16,19H,2-5,8-11H2,1H3. The van der Waals surface area contributed by atoms with Crippen LogP contribution in [0.4, 0.5) is 13.2 Å². The van der Waals surface area contributed by atoms with E-state index in [4.69, 9.17) is 5.26 Å². The van der Waals surface area contributed by atoms with Crippen LogP contribution in [0.15, 0.2) is 24.3 Å². The molecule has 152 valence electrons. The van der Waals surface area contributed by atoms with Crippen LogP contribution in [-0.2, 0) is 6.42 Å². The van der Waals surface area contributed by atoms with Crippen molar-refractivity contribution in [1.82, 2.24) is 0 Å². The molecule has 1 nitrogen and oxygen atoms in total. The average Bonchev–Trinajstić information content (AvgIpc) is 2.72. The Kier molecular flexibility index (Phi) is 5.67. The van der Waals surface area contributed by atoms with Gasteiger partial charge in [-0.2, -0.15) is 5.26 Å². The maximum atomic E-state index is 15.4. The molecule has 0 saturated heterocycles. The first kappa shape index (κ1) is 20.0. The summed E-state index contributed by atoms with van der Waals surface area (Å²) in [6.07, 6.45) is 8.56. The number of unbranched alkanes of at least 4 members (excludes halogenated alkanes) is 1. The molecule has 0 heterocycles. The zero-order valence-electron chi connectivity index (χ0n) is 16.8. The van der Waals surface area contributed by atoms with Crippen molar-refractivity contribution in [2.75, 3.05) is 0 Å². The second kappa shape index (κ2) is 8.22. The molecule has 0 aromatic heterocycles. The molecule has 2 aliphatic rings. The SMILES string of the molecule is CCCCC1CCC2c3cc(F)c(-c4ccc(C#N)c(F)c4)c(F)c3CCC2C1. The summed E-state index contributed by atoms with van der Waals surface area (Å²) in [5.74, 6) is -0.474. The number of hydrogen-bond donors (Lipinski definition) is 0. The fourth-order valence-electron chi connectivity index (χ4n) is 5.46. The Bertz CT molecular complexity index is 960. The van der Waals surface area contributed by atoms with Crippen LogP contribution in [0.2, 0.25) is 0 Å². The summed E-state index contributed by atoms with van der Waals surface area (Å²) in [7, 11) is 0. The Labute approximate surface area is 170 Å². The van der Waals surface area contributed by atoms with E-state index in [9.17, 15) is 4.39 Å². The smallest absolute Gasteiger partial charge is 0.141 e. The maximum absolute atomic E-state index is 15.4. The van der Waals surface area contributed by atoms with E-state index >= 15 is 8.78 Å². The van der Waals surface area contributed by atoms with E-state index in [1.54, 1.807) is 6.07 Å². The molecule has 2 aliphatic carbocycles. The van der Waals surface area contributed by atoms with Crippen LogP contribution in [0.5, 0.6) is 0 Å². The van der Waals surface area contributed by atoms with E-state index in [1.165, 1.54) is 37.5 Å². The minimum atomic E-state index is -0.757. The number of benzene rings is 2. The van der Waals surface area contributed by atoms with E-state index in [1.807, 2.05) is 0 Å². The van der Waals surface area contributed by atoms with Crippen LogP contribution in [0.3, 0.4) is 0 Å². The summed E-state index contributed by atoms with van der Waals surface area (Å²) in [5.41, 5.74) is 1.25. The van der Waals surface area contributed by atoms with Crippen LogP contribution >= 0.6 is 0 Å². The first-order valence-electron chi connectivity index (χ1n) is 10.7. The molecule has 3 atom stereocenters. The van der Waals surface area contributed by atoms with Gasteiger partial charge in [0.15, 0.2) is 0 Å². The van der Waals surface area contributed by atoms with Gasteiger partial charge in [-0.15, -0.1) is 0 Å². The Balaban J connectivity index is 1.67. The number of halogens is 3. The molecule has 0 N–H and O–H groups in total. The van der Waals surface area contributed by atoms with Gasteiger partial charge >= 0.3 is 0 Å². The monoisotopic (exact) mass is 397 g/mol. The Hall–Kier alpha value is -2.28. The van der Waals surface area contributed by atoms with E-state index in [0.717, 1.165) is 43.2 Å². The molecule has 29 heavy (non-hydrogen) atoms. The molecule has 3 unspecified atom stereocenters. The maximum Gasteiger partial charge on any atom is 0.141 e. The van der Waals surface area contributed by atoms with Crippen molar-refractivity contribution in [3.8, 4) is 17.2 Å². The summed E-state index contributed by atoms with van der Waals surface area (Å²) >= 11 is 0. The van der Waals surface area contributed by atoms with Gasteiger partial charge in [-0.05, 0) is 84.7 Å². The molecule has 0 aliphatic heterocycles. The molecule has 4 rings (SSSR count). The van der Waals surface area contributed by atoms with Gasteiger partial charge < -0.3 is 0 Å². The Morgan fingerprint density at radius 3 is 2.62 bits per heavy atom. The summed E-state index contributed by atoms with van der Waals surface area (Å²) < 4.78 is 44.4. The lowest BCUT2D eigenvalue weighted by atomic mass is 9.64. The molecular weight excluding hydrogens is 371 g/mol. The third-order valence-corrected chi connectivity index (χ3v) is 6.95. The largest absolute Gasteiger partial charge is 0.206 e. The number of hydrogen-bond acceptors (Lipinski definition) is 1. The molecule has 1 fully saturated rings. The molecule has 0 radical (unpaired) electrons. The first-order chi connectivity index (χ1) is 14.0. The number of nitriles is 1. The van der Waals surface area contributed by atoms with Crippen molar-refractivity contribution in [2.24, 2.45) is 11.8 Å². The lowest BCUT2D eigenvalue weighted by Gasteiger charge is -2.41. The fraction of sp³-hybridized carbons (Fsp3) is 0.480. The molecule has 4 heteroatoms. The normalized spacial score (nSPS) is 23.2. The highest BCUT2D eigenvalue weighted by atomic mass is 19.1. The van der Waals surface area contributed by atoms with Crippen molar-refractivity contribution >= 4 is 0 Å². The zero-order chi connectivity index (χ0) is 20.5. The number of fused-ring (bicyclic) bond motifs is 3. The van der Waals surface area contributed by atoms with Gasteiger partial charge in [-0.25, -0.2) is 13.2 Å². The second-order valence-electron chi connectivity index (χ2n) is 8.65. The number of nitrogens with zero attached hydrogens (tertiary/aromatic N) is 1. The predicted octanol–water partition coefficient (Wildman–Crippen LogP) is 7.28. The first-order valence-corrected chi connectivity index (χ1v) is 10.7. The van der Waals surface area contributed by atoms with Crippen molar-refractivity contribution in [1.29, 1.82) is 5.26 Å². The Morgan fingerprint density at radius 2 is 1.90 bits per heavy atom. The molecular formula is C25H26F3N. The van der Waals surface area contributed by atoms with Crippen LogP contribution in [0.1, 0.15) is 74.5 Å². The van der Waals surface area contributed by atoms with Crippen LogP contribution in [0, 0.1) is 40.6 Å². The summed E-state index contributed by atoms with van der Waals surface area (Å²) in [6.45, 7) is 2.21. The highest BCUT2D eigenvalue weighted by Gasteiger charge is 2.37. The third kappa shape index (κ3) is 3.68. The molecule has 0 bridgehead atoms. The molecule has 2 aromatic rings. The van der Waals surface area contributed by atoms with Crippen LogP contribution in [0.25, 0.3) is 11.1 Å². The van der Waals surface area contributed by atoms with Crippen molar-refractivity contribution < 1.29 is 13.2 Å². The van der Waals surface area contributed by atoms with E-state index in [2.05, 4.69) is 6.92 Å². The molecule has 2 aromatic carbocycles. The van der Waals surface area contributed by atoms with Crippen molar-refractivity contribution in [2.45, 2.75) is 64.2 Å². The molecule has 0 amide bonds. The number of rotatable bonds is 4. The third-order valence-electron chi connectivity index (χ3n) is 6.95. The fourth-order valence-corrected chi connectivity index (χ4v) is 5.46. The lowest BCUT2D eigenvalue weighted by Crippen LogP contribution is -2.29. The zero-order valence-corrected chi connectivity index (χ0v) is 16.8. The van der Waals surface area contributed by atoms with E-state index in [0.29, 0.717) is 17.9 Å². The molecule has 0 spiro atoms. The quantitative estimate of drug-likeness (QED) is 0.532.